The molecule has 0 radical (unpaired) electrons. The summed E-state index contributed by atoms with van der Waals surface area (Å²) >= 11 is 0. The molecule has 0 aliphatic carbocycles. The molecule has 0 atom stereocenters. The summed E-state index contributed by atoms with van der Waals surface area (Å²) in [5, 5.41) is 6.88. The van der Waals surface area contributed by atoms with Crippen molar-refractivity contribution < 1.29 is 4.90 Å². The minimum Gasteiger partial charge on any atom is -0.328 e. The molecular weight excluding hydrogens is 306 g/mol. The van der Waals surface area contributed by atoms with Crippen LogP contribution in [-0.2, 0) is 12.0 Å². The maximum Gasteiger partial charge on any atom is 0.103 e. The molecule has 132 valence electrons. The minimum absolute atomic E-state index is 0.202. The van der Waals surface area contributed by atoms with Gasteiger partial charge in [-0.2, -0.15) is 5.10 Å². The van der Waals surface area contributed by atoms with Gasteiger partial charge in [-0.1, -0.05) is 75.4 Å². The van der Waals surface area contributed by atoms with Crippen molar-refractivity contribution in [2.75, 3.05) is 26.2 Å². The Labute approximate surface area is 152 Å². The number of quaternary nitrogens is 1. The second kappa shape index (κ2) is 7.83. The summed E-state index contributed by atoms with van der Waals surface area (Å²) in [7, 11) is 0. The van der Waals surface area contributed by atoms with Crippen LogP contribution in [0.4, 0.5) is 0 Å². The quantitative estimate of drug-likeness (QED) is 0.851. The Bertz CT molecular complexity index is 675. The van der Waals surface area contributed by atoms with Gasteiger partial charge in [-0.3, -0.25) is 5.01 Å². The van der Waals surface area contributed by atoms with Gasteiger partial charge >= 0.3 is 0 Å². The Morgan fingerprint density at radius 1 is 0.960 bits per heavy atom. The molecule has 2 aromatic carbocycles. The zero-order valence-corrected chi connectivity index (χ0v) is 15.7. The number of hydrogen-bond acceptors (Lipinski definition) is 2. The largest absolute Gasteiger partial charge is 0.328 e. The van der Waals surface area contributed by atoms with Crippen molar-refractivity contribution in [3.63, 3.8) is 0 Å². The Balaban J connectivity index is 1.49. The van der Waals surface area contributed by atoms with Crippen molar-refractivity contribution in [1.82, 2.24) is 5.01 Å². The van der Waals surface area contributed by atoms with Gasteiger partial charge in [0.25, 0.3) is 0 Å². The lowest BCUT2D eigenvalue weighted by Crippen LogP contribution is -3.13. The third kappa shape index (κ3) is 5.17. The molecule has 3 heteroatoms. The van der Waals surface area contributed by atoms with Crippen LogP contribution in [0.3, 0.4) is 0 Å². The highest BCUT2D eigenvalue weighted by molar-refractivity contribution is 5.79. The van der Waals surface area contributed by atoms with Crippen LogP contribution in [-0.4, -0.2) is 37.4 Å². The number of nitrogens with one attached hydrogen (secondary N) is 1. The molecule has 3 nitrogen and oxygen atoms in total. The summed E-state index contributed by atoms with van der Waals surface area (Å²) in [6, 6.07) is 19.5. The molecule has 25 heavy (non-hydrogen) atoms. The highest BCUT2D eigenvalue weighted by Gasteiger charge is 2.18. The fourth-order valence-electron chi connectivity index (χ4n) is 3.21. The smallest absolute Gasteiger partial charge is 0.103 e. The normalized spacial score (nSPS) is 16.5. The number of benzene rings is 2. The molecule has 1 aliphatic heterocycles. The van der Waals surface area contributed by atoms with E-state index in [2.05, 4.69) is 85.5 Å². The summed E-state index contributed by atoms with van der Waals surface area (Å²) in [4.78, 5) is 1.65. The van der Waals surface area contributed by atoms with Crippen LogP contribution in [0.2, 0.25) is 0 Å². The summed E-state index contributed by atoms with van der Waals surface area (Å²) in [6.07, 6.45) is 1.99. The Hall–Kier alpha value is -2.13. The maximum absolute atomic E-state index is 4.68. The van der Waals surface area contributed by atoms with Crippen molar-refractivity contribution in [3.05, 3.63) is 71.3 Å². The van der Waals surface area contributed by atoms with Crippen LogP contribution in [0, 0.1) is 0 Å². The lowest BCUT2D eigenvalue weighted by Gasteiger charge is -2.30. The number of hydrazone groups is 1. The first kappa shape index (κ1) is 17.7. The van der Waals surface area contributed by atoms with E-state index in [1.807, 2.05) is 6.21 Å². The van der Waals surface area contributed by atoms with Crippen LogP contribution in [0.25, 0.3) is 0 Å². The summed E-state index contributed by atoms with van der Waals surface area (Å²) < 4.78 is 0. The molecule has 0 saturated carbocycles. The van der Waals surface area contributed by atoms with E-state index in [0.29, 0.717) is 0 Å². The van der Waals surface area contributed by atoms with E-state index < -0.39 is 0 Å². The van der Waals surface area contributed by atoms with E-state index in [-0.39, 0.29) is 5.41 Å². The van der Waals surface area contributed by atoms with Gasteiger partial charge in [-0.25, -0.2) is 0 Å². The SMILES string of the molecule is CC(C)(C)c1ccc(C=NN2CC[NH+](Cc3ccccc3)CC2)cc1. The Kier molecular flexibility index (Phi) is 5.54. The van der Waals surface area contributed by atoms with Gasteiger partial charge in [0.1, 0.15) is 6.54 Å². The molecule has 0 amide bonds. The summed E-state index contributed by atoms with van der Waals surface area (Å²) in [5.74, 6) is 0. The number of hydrogen-bond donors (Lipinski definition) is 1. The summed E-state index contributed by atoms with van der Waals surface area (Å²) in [5.41, 5.74) is 4.16. The zero-order valence-electron chi connectivity index (χ0n) is 15.7. The summed E-state index contributed by atoms with van der Waals surface area (Å²) in [6.45, 7) is 12.2. The van der Waals surface area contributed by atoms with E-state index in [1.54, 1.807) is 4.90 Å². The first-order valence-corrected chi connectivity index (χ1v) is 9.28. The monoisotopic (exact) mass is 336 g/mol. The molecule has 0 bridgehead atoms. The van der Waals surface area contributed by atoms with Crippen molar-refractivity contribution in [3.8, 4) is 0 Å². The van der Waals surface area contributed by atoms with Crippen LogP contribution in [0.5, 0.6) is 0 Å². The lowest BCUT2D eigenvalue weighted by atomic mass is 9.87. The zero-order chi connectivity index (χ0) is 17.7. The average Bonchev–Trinajstić information content (AvgIpc) is 2.62. The molecule has 0 unspecified atom stereocenters. The van der Waals surface area contributed by atoms with Gasteiger partial charge in [0, 0.05) is 5.56 Å². The van der Waals surface area contributed by atoms with E-state index in [9.17, 15) is 0 Å². The molecule has 1 heterocycles. The molecule has 1 aliphatic rings. The molecule has 1 saturated heterocycles. The van der Waals surface area contributed by atoms with Crippen molar-refractivity contribution in [2.24, 2.45) is 5.10 Å². The second-order valence-electron chi connectivity index (χ2n) is 7.98. The maximum atomic E-state index is 4.68. The highest BCUT2D eigenvalue weighted by atomic mass is 15.5. The van der Waals surface area contributed by atoms with E-state index in [4.69, 9.17) is 0 Å². The van der Waals surface area contributed by atoms with Gasteiger partial charge in [0.15, 0.2) is 0 Å². The molecular formula is C22H30N3+. The van der Waals surface area contributed by atoms with Crippen LogP contribution in [0.1, 0.15) is 37.5 Å². The van der Waals surface area contributed by atoms with E-state index in [1.165, 1.54) is 16.7 Å². The third-order valence-electron chi connectivity index (χ3n) is 4.89. The van der Waals surface area contributed by atoms with Gasteiger partial charge in [-0.05, 0) is 16.5 Å². The Morgan fingerprint density at radius 2 is 1.60 bits per heavy atom. The third-order valence-corrected chi connectivity index (χ3v) is 4.89. The number of rotatable bonds is 4. The topological polar surface area (TPSA) is 20.0 Å². The van der Waals surface area contributed by atoms with Gasteiger partial charge in [-0.15, -0.1) is 0 Å². The van der Waals surface area contributed by atoms with Gasteiger partial charge < -0.3 is 4.90 Å². The standard InChI is InChI=1S/C22H29N3/c1-22(2,3)21-11-9-19(10-12-21)17-23-25-15-13-24(14-16-25)18-20-7-5-4-6-8-20/h4-12,17H,13-16,18H2,1-3H3/p+1. The van der Waals surface area contributed by atoms with Crippen molar-refractivity contribution >= 4 is 6.21 Å². The average molecular weight is 337 g/mol. The predicted molar refractivity (Wildman–Crippen MR) is 105 cm³/mol. The van der Waals surface area contributed by atoms with Crippen LogP contribution in [0.15, 0.2) is 59.7 Å². The lowest BCUT2D eigenvalue weighted by molar-refractivity contribution is -0.918. The second-order valence-corrected chi connectivity index (χ2v) is 7.98. The van der Waals surface area contributed by atoms with Crippen molar-refractivity contribution in [2.45, 2.75) is 32.7 Å². The molecule has 1 fully saturated rings. The molecule has 0 aromatic heterocycles. The highest BCUT2D eigenvalue weighted by Crippen LogP contribution is 2.21. The van der Waals surface area contributed by atoms with Crippen LogP contribution >= 0.6 is 0 Å². The Morgan fingerprint density at radius 3 is 2.20 bits per heavy atom. The first-order chi connectivity index (χ1) is 12.0. The molecule has 0 spiro atoms. The molecule has 3 rings (SSSR count). The minimum atomic E-state index is 0.202. The van der Waals surface area contributed by atoms with Gasteiger partial charge in [0.2, 0.25) is 0 Å². The van der Waals surface area contributed by atoms with Crippen LogP contribution < -0.4 is 4.90 Å². The van der Waals surface area contributed by atoms with E-state index >= 15 is 0 Å². The fraction of sp³-hybridized carbons (Fsp3) is 0.409. The molecule has 2 aromatic rings. The predicted octanol–water partition coefficient (Wildman–Crippen LogP) is 2.72. The molecule has 1 N–H and O–H groups in total. The fourth-order valence-corrected chi connectivity index (χ4v) is 3.21. The van der Waals surface area contributed by atoms with Gasteiger partial charge in [0.05, 0.1) is 32.4 Å². The first-order valence-electron chi connectivity index (χ1n) is 9.28. The van der Waals surface area contributed by atoms with E-state index in [0.717, 1.165) is 32.7 Å². The number of piperazine rings is 1. The number of nitrogens with zero attached hydrogens (tertiary/aromatic N) is 2. The van der Waals surface area contributed by atoms with Crippen molar-refractivity contribution in [1.29, 1.82) is 0 Å².